The van der Waals surface area contributed by atoms with Gasteiger partial charge in [0.15, 0.2) is 0 Å². The Morgan fingerprint density at radius 1 is 1.38 bits per heavy atom. The zero-order valence-corrected chi connectivity index (χ0v) is 11.3. The summed E-state index contributed by atoms with van der Waals surface area (Å²) in [7, 11) is 0. The van der Waals surface area contributed by atoms with Crippen LogP contribution in [0.5, 0.6) is 0 Å². The standard InChI is InChI=1S/C14H28N2/c1-12(2)7-10-16-9-4-8-15-14(3,11-16)13-5-6-13/h12-13,15H,4-11H2,1-3H3. The van der Waals surface area contributed by atoms with E-state index < -0.39 is 0 Å². The first kappa shape index (κ1) is 12.4. The molecule has 94 valence electrons. The molecule has 2 heteroatoms. The molecule has 2 fully saturated rings. The van der Waals surface area contributed by atoms with Gasteiger partial charge in [0.2, 0.25) is 0 Å². The summed E-state index contributed by atoms with van der Waals surface area (Å²) >= 11 is 0. The van der Waals surface area contributed by atoms with E-state index in [-0.39, 0.29) is 0 Å². The topological polar surface area (TPSA) is 15.3 Å². The Kier molecular flexibility index (Phi) is 3.91. The molecule has 1 atom stereocenters. The lowest BCUT2D eigenvalue weighted by Crippen LogP contribution is -2.51. The summed E-state index contributed by atoms with van der Waals surface area (Å²) in [5.41, 5.74) is 0.410. The lowest BCUT2D eigenvalue weighted by molar-refractivity contribution is 0.193. The van der Waals surface area contributed by atoms with Gasteiger partial charge in [0.1, 0.15) is 0 Å². The summed E-state index contributed by atoms with van der Waals surface area (Å²) in [6.07, 6.45) is 5.56. The second-order valence-corrected chi connectivity index (χ2v) is 6.43. The van der Waals surface area contributed by atoms with Crippen LogP contribution < -0.4 is 5.32 Å². The molecule has 1 saturated heterocycles. The van der Waals surface area contributed by atoms with Crippen LogP contribution in [0.25, 0.3) is 0 Å². The van der Waals surface area contributed by atoms with Crippen molar-refractivity contribution in [1.29, 1.82) is 0 Å². The molecule has 0 bridgehead atoms. The first-order valence-electron chi connectivity index (χ1n) is 7.07. The average molecular weight is 224 g/mol. The lowest BCUT2D eigenvalue weighted by Gasteiger charge is -2.34. The molecular formula is C14H28N2. The zero-order valence-electron chi connectivity index (χ0n) is 11.3. The monoisotopic (exact) mass is 224 g/mol. The van der Waals surface area contributed by atoms with Crippen LogP contribution in [0, 0.1) is 11.8 Å². The van der Waals surface area contributed by atoms with Gasteiger partial charge < -0.3 is 10.2 Å². The molecule has 2 rings (SSSR count). The van der Waals surface area contributed by atoms with E-state index in [0.29, 0.717) is 5.54 Å². The van der Waals surface area contributed by atoms with E-state index in [0.717, 1.165) is 11.8 Å². The SMILES string of the molecule is CC(C)CCN1CCCNC(C)(C2CC2)C1. The number of nitrogens with zero attached hydrogens (tertiary/aromatic N) is 1. The van der Waals surface area contributed by atoms with Crippen LogP contribution in [0.3, 0.4) is 0 Å². The molecule has 0 amide bonds. The third kappa shape index (κ3) is 3.21. The highest BCUT2D eigenvalue weighted by Gasteiger charge is 2.42. The molecule has 0 spiro atoms. The number of hydrogen-bond acceptors (Lipinski definition) is 2. The Morgan fingerprint density at radius 3 is 2.75 bits per heavy atom. The Balaban J connectivity index is 1.87. The summed E-state index contributed by atoms with van der Waals surface area (Å²) in [6.45, 7) is 12.2. The van der Waals surface area contributed by atoms with Crippen LogP contribution in [-0.2, 0) is 0 Å². The van der Waals surface area contributed by atoms with Crippen molar-refractivity contribution in [1.82, 2.24) is 10.2 Å². The molecule has 2 nitrogen and oxygen atoms in total. The lowest BCUT2D eigenvalue weighted by atomic mass is 9.95. The first-order chi connectivity index (χ1) is 7.60. The van der Waals surface area contributed by atoms with Crippen LogP contribution >= 0.6 is 0 Å². The highest BCUT2D eigenvalue weighted by molar-refractivity contribution is 5.00. The third-order valence-electron chi connectivity index (χ3n) is 4.23. The predicted octanol–water partition coefficient (Wildman–Crippen LogP) is 2.50. The smallest absolute Gasteiger partial charge is 0.0308 e. The van der Waals surface area contributed by atoms with E-state index in [9.17, 15) is 0 Å². The van der Waals surface area contributed by atoms with E-state index in [2.05, 4.69) is 31.0 Å². The van der Waals surface area contributed by atoms with Gasteiger partial charge in [0.25, 0.3) is 0 Å². The van der Waals surface area contributed by atoms with Crippen LogP contribution in [0.1, 0.15) is 46.5 Å². The van der Waals surface area contributed by atoms with Crippen molar-refractivity contribution in [3.05, 3.63) is 0 Å². The first-order valence-corrected chi connectivity index (χ1v) is 7.07. The predicted molar refractivity (Wildman–Crippen MR) is 69.6 cm³/mol. The van der Waals surface area contributed by atoms with Crippen molar-refractivity contribution < 1.29 is 0 Å². The molecule has 0 aromatic rings. The molecule has 1 N–H and O–H groups in total. The van der Waals surface area contributed by atoms with Gasteiger partial charge in [-0.3, -0.25) is 0 Å². The number of hydrogen-bond donors (Lipinski definition) is 1. The quantitative estimate of drug-likeness (QED) is 0.789. The fraction of sp³-hybridized carbons (Fsp3) is 1.00. The Labute approximate surface area is 101 Å². The van der Waals surface area contributed by atoms with Crippen molar-refractivity contribution in [3.63, 3.8) is 0 Å². The van der Waals surface area contributed by atoms with Gasteiger partial charge in [-0.25, -0.2) is 0 Å². The molecule has 16 heavy (non-hydrogen) atoms. The van der Waals surface area contributed by atoms with Crippen molar-refractivity contribution in [3.8, 4) is 0 Å². The number of rotatable bonds is 4. The molecule has 0 radical (unpaired) electrons. The molecule has 1 aliphatic carbocycles. The van der Waals surface area contributed by atoms with E-state index >= 15 is 0 Å². The van der Waals surface area contributed by atoms with Gasteiger partial charge in [-0.05, 0) is 64.1 Å². The Hall–Kier alpha value is -0.0800. The van der Waals surface area contributed by atoms with E-state index in [1.165, 1.54) is 51.9 Å². The van der Waals surface area contributed by atoms with Crippen molar-refractivity contribution in [2.45, 2.75) is 52.0 Å². The summed E-state index contributed by atoms with van der Waals surface area (Å²) < 4.78 is 0. The maximum atomic E-state index is 3.80. The molecule has 2 aliphatic rings. The van der Waals surface area contributed by atoms with Gasteiger partial charge in [-0.1, -0.05) is 13.8 Å². The zero-order chi connectivity index (χ0) is 11.6. The normalized spacial score (nSPS) is 33.0. The van der Waals surface area contributed by atoms with Gasteiger partial charge in [-0.2, -0.15) is 0 Å². The van der Waals surface area contributed by atoms with Gasteiger partial charge >= 0.3 is 0 Å². The minimum Gasteiger partial charge on any atom is -0.310 e. The van der Waals surface area contributed by atoms with Crippen molar-refractivity contribution in [2.75, 3.05) is 26.2 Å². The van der Waals surface area contributed by atoms with E-state index in [1.54, 1.807) is 0 Å². The molecule has 1 saturated carbocycles. The van der Waals surface area contributed by atoms with Crippen molar-refractivity contribution in [2.24, 2.45) is 11.8 Å². The van der Waals surface area contributed by atoms with Gasteiger partial charge in [-0.15, -0.1) is 0 Å². The largest absolute Gasteiger partial charge is 0.310 e. The summed E-state index contributed by atoms with van der Waals surface area (Å²) in [5, 5.41) is 3.80. The maximum Gasteiger partial charge on any atom is 0.0308 e. The number of nitrogens with one attached hydrogen (secondary N) is 1. The maximum absolute atomic E-state index is 3.80. The molecule has 1 aliphatic heterocycles. The van der Waals surface area contributed by atoms with Crippen molar-refractivity contribution >= 4 is 0 Å². The van der Waals surface area contributed by atoms with E-state index in [4.69, 9.17) is 0 Å². The van der Waals surface area contributed by atoms with Crippen LogP contribution in [0.15, 0.2) is 0 Å². The summed E-state index contributed by atoms with van der Waals surface area (Å²) in [5.74, 6) is 1.79. The van der Waals surface area contributed by atoms with Gasteiger partial charge in [0, 0.05) is 12.1 Å². The van der Waals surface area contributed by atoms with Crippen LogP contribution in [-0.4, -0.2) is 36.6 Å². The second kappa shape index (κ2) is 5.05. The highest BCUT2D eigenvalue weighted by Crippen LogP contribution is 2.40. The fourth-order valence-corrected chi connectivity index (χ4v) is 2.90. The molecular weight excluding hydrogens is 196 g/mol. The average Bonchev–Trinajstić information content (AvgIpc) is 3.01. The second-order valence-electron chi connectivity index (χ2n) is 6.43. The van der Waals surface area contributed by atoms with Gasteiger partial charge in [0.05, 0.1) is 0 Å². The summed E-state index contributed by atoms with van der Waals surface area (Å²) in [6, 6.07) is 0. The minimum atomic E-state index is 0.410. The van der Waals surface area contributed by atoms with Crippen LogP contribution in [0.2, 0.25) is 0 Å². The Bertz CT molecular complexity index is 223. The molecule has 1 unspecified atom stereocenters. The van der Waals surface area contributed by atoms with Crippen LogP contribution in [0.4, 0.5) is 0 Å². The third-order valence-corrected chi connectivity index (χ3v) is 4.23. The fourth-order valence-electron chi connectivity index (χ4n) is 2.90. The minimum absolute atomic E-state index is 0.410. The molecule has 0 aromatic carbocycles. The molecule has 0 aromatic heterocycles. The molecule has 1 heterocycles. The Morgan fingerprint density at radius 2 is 2.12 bits per heavy atom. The van der Waals surface area contributed by atoms with E-state index in [1.807, 2.05) is 0 Å². The summed E-state index contributed by atoms with van der Waals surface area (Å²) in [4.78, 5) is 2.69. The highest BCUT2D eigenvalue weighted by atomic mass is 15.2.